The predicted molar refractivity (Wildman–Crippen MR) is 112 cm³/mol. The largest absolute Gasteiger partial charge is 0.508 e. The second-order valence-corrected chi connectivity index (χ2v) is 8.57. The second-order valence-electron chi connectivity index (χ2n) is 8.17. The molecule has 0 unspecified atom stereocenters. The number of hydrogen-bond acceptors (Lipinski definition) is 4. The summed E-state index contributed by atoms with van der Waals surface area (Å²) in [5, 5.41) is 9.77. The maximum Gasteiger partial charge on any atom is 0.410 e. The van der Waals surface area contributed by atoms with Crippen LogP contribution < -0.4 is 4.90 Å². The van der Waals surface area contributed by atoms with Crippen molar-refractivity contribution in [3.8, 4) is 5.75 Å². The fourth-order valence-corrected chi connectivity index (χ4v) is 3.54. The van der Waals surface area contributed by atoms with Gasteiger partial charge in [-0.15, -0.1) is 0 Å². The first-order valence-electron chi connectivity index (χ1n) is 9.45. The zero-order valence-corrected chi connectivity index (χ0v) is 17.7. The minimum absolute atomic E-state index is 0.00714. The van der Waals surface area contributed by atoms with Crippen LogP contribution in [-0.4, -0.2) is 40.2 Å². The molecule has 0 radical (unpaired) electrons. The van der Waals surface area contributed by atoms with Crippen LogP contribution in [0.3, 0.4) is 0 Å². The van der Waals surface area contributed by atoms with Crippen LogP contribution >= 0.6 is 11.6 Å². The van der Waals surface area contributed by atoms with Crippen molar-refractivity contribution in [1.29, 1.82) is 0 Å². The minimum Gasteiger partial charge on any atom is -0.508 e. The topological polar surface area (TPSA) is 70.1 Å². The zero-order valence-electron chi connectivity index (χ0n) is 17.0. The van der Waals surface area contributed by atoms with Crippen LogP contribution in [0.2, 0.25) is 5.02 Å². The molecule has 3 rings (SSSR count). The van der Waals surface area contributed by atoms with Gasteiger partial charge in [-0.25, -0.2) is 4.79 Å². The lowest BCUT2D eigenvalue weighted by Crippen LogP contribution is -2.46. The van der Waals surface area contributed by atoms with E-state index in [1.54, 1.807) is 9.80 Å². The molecule has 29 heavy (non-hydrogen) atoms. The summed E-state index contributed by atoms with van der Waals surface area (Å²) in [5.41, 5.74) is 1.24. The normalized spacial score (nSPS) is 16.8. The molecule has 1 aliphatic heterocycles. The molecule has 0 saturated heterocycles. The molecule has 0 aliphatic carbocycles. The molecule has 1 aliphatic rings. The molecule has 1 heterocycles. The van der Waals surface area contributed by atoms with Gasteiger partial charge in [0.25, 0.3) is 5.91 Å². The minimum atomic E-state index is -0.613. The quantitative estimate of drug-likeness (QED) is 0.722. The Bertz CT molecular complexity index is 939. The van der Waals surface area contributed by atoms with Crippen LogP contribution in [0.1, 0.15) is 43.6 Å². The summed E-state index contributed by atoms with van der Waals surface area (Å²) in [6.45, 7) is 7.97. The molecule has 2 amide bonds. The van der Waals surface area contributed by atoms with Gasteiger partial charge in [0.1, 0.15) is 11.4 Å². The molecule has 2 aromatic carbocycles. The van der Waals surface area contributed by atoms with E-state index in [0.717, 1.165) is 11.3 Å². The van der Waals surface area contributed by atoms with E-state index in [2.05, 4.69) is 0 Å². The monoisotopic (exact) mass is 416 g/mol. The van der Waals surface area contributed by atoms with Gasteiger partial charge in [-0.1, -0.05) is 29.8 Å². The summed E-state index contributed by atoms with van der Waals surface area (Å²) in [6, 6.07) is 11.5. The number of rotatable bonds is 1. The maximum absolute atomic E-state index is 13.3. The molecule has 0 fully saturated rings. The number of amides is 2. The molecule has 6 nitrogen and oxygen atoms in total. The average Bonchev–Trinajstić information content (AvgIpc) is 2.77. The molecule has 1 N–H and O–H groups in total. The fraction of sp³-hybridized carbons (Fsp3) is 0.364. The van der Waals surface area contributed by atoms with Crippen LogP contribution in [0.5, 0.6) is 5.75 Å². The highest BCUT2D eigenvalue weighted by molar-refractivity contribution is 6.34. The lowest BCUT2D eigenvalue weighted by atomic mass is 10.1. The fourth-order valence-electron chi connectivity index (χ4n) is 3.29. The highest BCUT2D eigenvalue weighted by atomic mass is 35.5. The SMILES string of the molecule is C[C@@H]1CN(C(=O)c2ccc(O)cc2Cl)c2ccccc2CN1C(=O)OC(C)(C)C. The van der Waals surface area contributed by atoms with E-state index in [4.69, 9.17) is 16.3 Å². The van der Waals surface area contributed by atoms with Crippen LogP contribution in [0.15, 0.2) is 42.5 Å². The first-order chi connectivity index (χ1) is 13.6. The van der Waals surface area contributed by atoms with Crippen LogP contribution in [0.25, 0.3) is 0 Å². The van der Waals surface area contributed by atoms with E-state index in [1.807, 2.05) is 52.0 Å². The Balaban J connectivity index is 1.98. The molecule has 0 aromatic heterocycles. The summed E-state index contributed by atoms with van der Waals surface area (Å²) in [6.07, 6.45) is -0.420. The molecule has 0 spiro atoms. The van der Waals surface area contributed by atoms with Crippen molar-refractivity contribution < 1.29 is 19.4 Å². The van der Waals surface area contributed by atoms with Gasteiger partial charge in [0.05, 0.1) is 23.2 Å². The number of benzene rings is 2. The average molecular weight is 417 g/mol. The van der Waals surface area contributed by atoms with Crippen molar-refractivity contribution in [1.82, 2.24) is 4.90 Å². The van der Waals surface area contributed by atoms with Crippen molar-refractivity contribution in [3.05, 3.63) is 58.6 Å². The summed E-state index contributed by atoms with van der Waals surface area (Å²) in [4.78, 5) is 29.4. The number of hydrogen-bond donors (Lipinski definition) is 1. The van der Waals surface area contributed by atoms with Gasteiger partial charge >= 0.3 is 6.09 Å². The molecule has 7 heteroatoms. The molecule has 0 saturated carbocycles. The van der Waals surface area contributed by atoms with Crippen LogP contribution in [-0.2, 0) is 11.3 Å². The predicted octanol–water partition coefficient (Wildman–Crippen LogP) is 4.83. The van der Waals surface area contributed by atoms with E-state index >= 15 is 0 Å². The molecule has 1 atom stereocenters. The number of aromatic hydroxyl groups is 1. The third kappa shape index (κ3) is 4.65. The van der Waals surface area contributed by atoms with Crippen molar-refractivity contribution in [3.63, 3.8) is 0 Å². The number of anilines is 1. The summed E-state index contributed by atoms with van der Waals surface area (Å²) < 4.78 is 5.57. The Hall–Kier alpha value is -2.73. The van der Waals surface area contributed by atoms with Crippen molar-refractivity contribution >= 4 is 29.3 Å². The van der Waals surface area contributed by atoms with E-state index in [9.17, 15) is 14.7 Å². The van der Waals surface area contributed by atoms with Crippen LogP contribution in [0.4, 0.5) is 10.5 Å². The van der Waals surface area contributed by atoms with Gasteiger partial charge in [-0.05, 0) is 57.5 Å². The number of halogens is 1. The smallest absolute Gasteiger partial charge is 0.410 e. The molecule has 0 bridgehead atoms. The highest BCUT2D eigenvalue weighted by Crippen LogP contribution is 2.31. The van der Waals surface area contributed by atoms with Crippen molar-refractivity contribution in [2.24, 2.45) is 0 Å². The second kappa shape index (κ2) is 7.95. The van der Waals surface area contributed by atoms with E-state index in [-0.39, 0.29) is 34.8 Å². The number of phenolic OH excluding ortho intramolecular Hbond substituents is 1. The zero-order chi connectivity index (χ0) is 21.3. The number of nitrogens with zero attached hydrogens (tertiary/aromatic N) is 2. The molecular formula is C22H25ClN2O4. The van der Waals surface area contributed by atoms with Gasteiger partial charge in [-0.3, -0.25) is 9.69 Å². The Morgan fingerprint density at radius 2 is 1.86 bits per heavy atom. The van der Waals surface area contributed by atoms with E-state index in [1.165, 1.54) is 18.2 Å². The van der Waals surface area contributed by atoms with Crippen molar-refractivity contribution in [2.75, 3.05) is 11.4 Å². The molecule has 2 aromatic rings. The Labute approximate surface area is 175 Å². The lowest BCUT2D eigenvalue weighted by Gasteiger charge is -2.31. The third-order valence-corrected chi connectivity index (χ3v) is 4.97. The van der Waals surface area contributed by atoms with Gasteiger partial charge < -0.3 is 14.7 Å². The number of phenols is 1. The first-order valence-corrected chi connectivity index (χ1v) is 9.82. The van der Waals surface area contributed by atoms with Crippen molar-refractivity contribution in [2.45, 2.75) is 45.9 Å². The maximum atomic E-state index is 13.3. The standard InChI is InChI=1S/C22H25ClN2O4/c1-14-12-25(20(27)17-10-9-16(26)11-18(17)23)19-8-6-5-7-15(19)13-24(14)21(28)29-22(2,3)4/h5-11,14,26H,12-13H2,1-4H3/t14-/m1/s1. The summed E-state index contributed by atoms with van der Waals surface area (Å²) in [5.74, 6) is -0.298. The third-order valence-electron chi connectivity index (χ3n) is 4.66. The molecular weight excluding hydrogens is 392 g/mol. The number of carbonyl (C=O) groups excluding carboxylic acids is 2. The van der Waals surface area contributed by atoms with Gasteiger partial charge in [0, 0.05) is 12.2 Å². The highest BCUT2D eigenvalue weighted by Gasteiger charge is 2.34. The Morgan fingerprint density at radius 3 is 2.52 bits per heavy atom. The molecule has 154 valence electrons. The number of fused-ring (bicyclic) bond motifs is 1. The van der Waals surface area contributed by atoms with Gasteiger partial charge in [-0.2, -0.15) is 0 Å². The Kier molecular flexibility index (Phi) is 5.75. The van der Waals surface area contributed by atoms with E-state index < -0.39 is 11.7 Å². The van der Waals surface area contributed by atoms with Crippen LogP contribution in [0, 0.1) is 0 Å². The first kappa shape index (κ1) is 21.0. The Morgan fingerprint density at radius 1 is 1.17 bits per heavy atom. The number of carbonyl (C=O) groups is 2. The summed E-state index contributed by atoms with van der Waals surface area (Å²) in [7, 11) is 0. The number of para-hydroxylation sites is 1. The summed E-state index contributed by atoms with van der Waals surface area (Å²) >= 11 is 6.21. The van der Waals surface area contributed by atoms with Gasteiger partial charge in [0.2, 0.25) is 0 Å². The number of ether oxygens (including phenoxy) is 1. The lowest BCUT2D eigenvalue weighted by molar-refractivity contribution is 0.0167. The van der Waals surface area contributed by atoms with Gasteiger partial charge in [0.15, 0.2) is 0 Å². The van der Waals surface area contributed by atoms with E-state index in [0.29, 0.717) is 6.54 Å².